The fourth-order valence-corrected chi connectivity index (χ4v) is 4.18. The van der Waals surface area contributed by atoms with Crippen LogP contribution < -0.4 is 16.4 Å². The number of fused-ring (bicyclic) bond motifs is 2. The molecule has 0 spiro atoms. The Bertz CT molecular complexity index is 1280. The second-order valence-electron chi connectivity index (χ2n) is 7.80. The predicted molar refractivity (Wildman–Crippen MR) is 122 cm³/mol. The number of pyridine rings is 1. The van der Waals surface area contributed by atoms with Crippen molar-refractivity contribution in [2.24, 2.45) is 5.73 Å². The Morgan fingerprint density at radius 2 is 2.00 bits per heavy atom. The first-order valence-electron chi connectivity index (χ1n) is 10.5. The summed E-state index contributed by atoms with van der Waals surface area (Å²) >= 11 is 0. The molecule has 5 rings (SSSR count). The van der Waals surface area contributed by atoms with Crippen molar-refractivity contribution in [2.75, 3.05) is 17.2 Å². The highest BCUT2D eigenvalue weighted by Crippen LogP contribution is 2.34. The van der Waals surface area contributed by atoms with Crippen molar-refractivity contribution in [3.05, 3.63) is 77.2 Å². The van der Waals surface area contributed by atoms with E-state index in [1.165, 1.54) is 5.56 Å². The molecule has 0 bridgehead atoms. The fraction of sp³-hybridized carbons (Fsp3) is 0.208. The summed E-state index contributed by atoms with van der Waals surface area (Å²) in [7, 11) is 0. The smallest absolute Gasteiger partial charge is 0.265 e. The van der Waals surface area contributed by atoms with Gasteiger partial charge in [-0.2, -0.15) is 0 Å². The van der Waals surface area contributed by atoms with Gasteiger partial charge < -0.3 is 20.8 Å². The van der Waals surface area contributed by atoms with Crippen molar-refractivity contribution in [3.8, 4) is 11.4 Å². The number of anilines is 2. The van der Waals surface area contributed by atoms with Crippen LogP contribution in [0.15, 0.2) is 54.7 Å². The molecular weight excluding hydrogens is 388 g/mol. The number of nitrogens with one attached hydrogen (secondary N) is 2. The molecule has 156 valence electrons. The third kappa shape index (κ3) is 3.48. The Hall–Kier alpha value is -3.87. The Labute approximate surface area is 180 Å². The van der Waals surface area contributed by atoms with Gasteiger partial charge in [-0.15, -0.1) is 0 Å². The number of primary amides is 1. The van der Waals surface area contributed by atoms with Gasteiger partial charge in [-0.1, -0.05) is 36.4 Å². The third-order valence-electron chi connectivity index (χ3n) is 5.66. The summed E-state index contributed by atoms with van der Waals surface area (Å²) < 4.78 is 1.82. The maximum absolute atomic E-state index is 11.9. The molecule has 4 aromatic rings. The molecule has 7 heteroatoms. The summed E-state index contributed by atoms with van der Waals surface area (Å²) in [6.07, 6.45) is 3.85. The standard InChI is InChI=1S/C24H24N6O/c1-15-14-30-18(10-5-11-19(30)22(25)31)20(15)23-28-17-9-6-12-26-21(17)24(29-23)27-13-16-7-3-2-4-8-16/h2-5,7-8,10-11,14,26H,6,9,12-13H2,1H3,(H2,25,31)(H,27,28,29). The lowest BCUT2D eigenvalue weighted by molar-refractivity contribution is 0.0994. The lowest BCUT2D eigenvalue weighted by atomic mass is 10.1. The highest BCUT2D eigenvalue weighted by atomic mass is 16.1. The van der Waals surface area contributed by atoms with Crippen LogP contribution in [0.2, 0.25) is 0 Å². The topological polar surface area (TPSA) is 97.3 Å². The van der Waals surface area contributed by atoms with Crippen molar-refractivity contribution >= 4 is 22.9 Å². The van der Waals surface area contributed by atoms with Crippen LogP contribution in [-0.4, -0.2) is 26.8 Å². The Morgan fingerprint density at radius 3 is 2.81 bits per heavy atom. The van der Waals surface area contributed by atoms with Crippen LogP contribution in [-0.2, 0) is 13.0 Å². The number of aromatic nitrogens is 3. The van der Waals surface area contributed by atoms with E-state index in [1.807, 2.05) is 47.9 Å². The number of nitrogens with zero attached hydrogens (tertiary/aromatic N) is 3. The molecule has 0 fully saturated rings. The Kier molecular flexibility index (Phi) is 4.78. The molecule has 31 heavy (non-hydrogen) atoms. The van der Waals surface area contributed by atoms with Crippen molar-refractivity contribution in [1.82, 2.24) is 14.4 Å². The number of rotatable bonds is 5. The zero-order chi connectivity index (χ0) is 21.4. The lowest BCUT2D eigenvalue weighted by Gasteiger charge is -2.21. The number of nitrogens with two attached hydrogens (primary N) is 1. The third-order valence-corrected chi connectivity index (χ3v) is 5.66. The van der Waals surface area contributed by atoms with E-state index in [0.29, 0.717) is 18.1 Å². The van der Waals surface area contributed by atoms with Gasteiger partial charge in [0.1, 0.15) is 5.69 Å². The van der Waals surface area contributed by atoms with Crippen LogP contribution in [0.25, 0.3) is 16.9 Å². The first kappa shape index (κ1) is 19.1. The summed E-state index contributed by atoms with van der Waals surface area (Å²) in [5.41, 5.74) is 12.0. The van der Waals surface area contributed by atoms with Crippen LogP contribution in [0.1, 0.15) is 33.7 Å². The SMILES string of the molecule is Cc1cn2c(C(N)=O)cccc2c1-c1nc2c(c(NCc3ccccc3)n1)NCCC2. The molecule has 0 saturated heterocycles. The van der Waals surface area contributed by atoms with E-state index in [9.17, 15) is 4.79 Å². The van der Waals surface area contributed by atoms with Crippen LogP contribution >= 0.6 is 0 Å². The monoisotopic (exact) mass is 412 g/mol. The quantitative estimate of drug-likeness (QED) is 0.464. The number of aryl methyl sites for hydroxylation is 2. The average Bonchev–Trinajstić information content (AvgIpc) is 3.13. The van der Waals surface area contributed by atoms with Gasteiger partial charge in [-0.25, -0.2) is 9.97 Å². The maximum atomic E-state index is 11.9. The van der Waals surface area contributed by atoms with Crippen molar-refractivity contribution < 1.29 is 4.79 Å². The van der Waals surface area contributed by atoms with Gasteiger partial charge in [-0.3, -0.25) is 4.79 Å². The van der Waals surface area contributed by atoms with Gasteiger partial charge in [0.05, 0.1) is 16.9 Å². The molecular formula is C24H24N6O. The largest absolute Gasteiger partial charge is 0.381 e. The van der Waals surface area contributed by atoms with Gasteiger partial charge in [-0.05, 0) is 43.0 Å². The second-order valence-corrected chi connectivity index (χ2v) is 7.80. The minimum atomic E-state index is -0.465. The van der Waals surface area contributed by atoms with E-state index in [-0.39, 0.29) is 0 Å². The first-order valence-corrected chi connectivity index (χ1v) is 10.5. The molecule has 0 unspecified atom stereocenters. The molecule has 4 N–H and O–H groups in total. The number of carbonyl (C=O) groups excluding carboxylic acids is 1. The molecule has 7 nitrogen and oxygen atoms in total. The molecule has 3 aromatic heterocycles. The molecule has 1 aliphatic rings. The second kappa shape index (κ2) is 7.75. The number of carbonyl (C=O) groups is 1. The normalized spacial score (nSPS) is 12.9. The van der Waals surface area contributed by atoms with Gasteiger partial charge in [0, 0.05) is 24.8 Å². The molecule has 1 amide bonds. The molecule has 0 saturated carbocycles. The van der Waals surface area contributed by atoms with Crippen LogP contribution in [0.4, 0.5) is 11.5 Å². The molecule has 1 aliphatic heterocycles. The Balaban J connectivity index is 1.62. The highest BCUT2D eigenvalue weighted by molar-refractivity contribution is 5.94. The molecule has 4 heterocycles. The van der Waals surface area contributed by atoms with Crippen molar-refractivity contribution in [2.45, 2.75) is 26.3 Å². The van der Waals surface area contributed by atoms with E-state index in [2.05, 4.69) is 22.8 Å². The first-order chi connectivity index (χ1) is 15.1. The lowest BCUT2D eigenvalue weighted by Crippen LogP contribution is -2.18. The van der Waals surface area contributed by atoms with E-state index >= 15 is 0 Å². The summed E-state index contributed by atoms with van der Waals surface area (Å²) in [4.78, 5) is 21.7. The molecule has 0 atom stereocenters. The number of benzene rings is 1. The average molecular weight is 412 g/mol. The highest BCUT2D eigenvalue weighted by Gasteiger charge is 2.22. The van der Waals surface area contributed by atoms with Gasteiger partial charge in [0.15, 0.2) is 11.6 Å². The zero-order valence-electron chi connectivity index (χ0n) is 17.4. The molecule has 0 aliphatic carbocycles. The maximum Gasteiger partial charge on any atom is 0.265 e. The summed E-state index contributed by atoms with van der Waals surface area (Å²) in [5.74, 6) is 0.987. The molecule has 1 aromatic carbocycles. The van der Waals surface area contributed by atoms with Gasteiger partial charge in [0.25, 0.3) is 5.91 Å². The van der Waals surface area contributed by atoms with Gasteiger partial charge >= 0.3 is 0 Å². The van der Waals surface area contributed by atoms with Crippen LogP contribution in [0.5, 0.6) is 0 Å². The number of hydrogen-bond donors (Lipinski definition) is 3. The van der Waals surface area contributed by atoms with E-state index in [4.69, 9.17) is 15.7 Å². The van der Waals surface area contributed by atoms with Crippen molar-refractivity contribution in [3.63, 3.8) is 0 Å². The minimum Gasteiger partial charge on any atom is -0.381 e. The van der Waals surface area contributed by atoms with E-state index < -0.39 is 5.91 Å². The zero-order valence-corrected chi connectivity index (χ0v) is 17.4. The summed E-state index contributed by atoms with van der Waals surface area (Å²) in [5, 5.41) is 6.96. The van der Waals surface area contributed by atoms with Crippen molar-refractivity contribution in [1.29, 1.82) is 0 Å². The summed E-state index contributed by atoms with van der Waals surface area (Å²) in [6, 6.07) is 15.8. The molecule has 0 radical (unpaired) electrons. The van der Waals surface area contributed by atoms with Gasteiger partial charge in [0.2, 0.25) is 0 Å². The van der Waals surface area contributed by atoms with Crippen LogP contribution in [0.3, 0.4) is 0 Å². The van der Waals surface area contributed by atoms with Crippen LogP contribution in [0, 0.1) is 6.92 Å². The predicted octanol–water partition coefficient (Wildman–Crippen LogP) is 3.77. The van der Waals surface area contributed by atoms with E-state index in [0.717, 1.165) is 53.2 Å². The number of hydrogen-bond acceptors (Lipinski definition) is 5. The summed E-state index contributed by atoms with van der Waals surface area (Å²) in [6.45, 7) is 3.59. The Morgan fingerprint density at radius 1 is 1.16 bits per heavy atom. The fourth-order valence-electron chi connectivity index (χ4n) is 4.18. The number of amides is 1. The van der Waals surface area contributed by atoms with E-state index in [1.54, 1.807) is 6.07 Å². The minimum absolute atomic E-state index is 0.439.